The lowest BCUT2D eigenvalue weighted by molar-refractivity contribution is -0.384. The maximum atomic E-state index is 10.6. The van der Waals surface area contributed by atoms with Gasteiger partial charge in [0.1, 0.15) is 6.10 Å². The molecule has 3 rings (SSSR count). The van der Waals surface area contributed by atoms with Crippen molar-refractivity contribution in [3.8, 4) is 0 Å². The van der Waals surface area contributed by atoms with E-state index in [0.29, 0.717) is 6.61 Å². The fraction of sp³-hybridized carbons (Fsp3) is 0.571. The zero-order valence-electron chi connectivity index (χ0n) is 10.7. The van der Waals surface area contributed by atoms with Gasteiger partial charge in [0.15, 0.2) is 5.79 Å². The SMILES string of the molecule is O=[N+]([O-])c1ccc(C2COC3(CCCCC3)O2)cc1. The van der Waals surface area contributed by atoms with Gasteiger partial charge in [-0.1, -0.05) is 6.42 Å². The van der Waals surface area contributed by atoms with Crippen molar-refractivity contribution in [2.45, 2.75) is 44.0 Å². The van der Waals surface area contributed by atoms with Crippen molar-refractivity contribution in [3.63, 3.8) is 0 Å². The van der Waals surface area contributed by atoms with Gasteiger partial charge in [0.2, 0.25) is 0 Å². The second-order valence-corrected chi connectivity index (χ2v) is 5.24. The third-order valence-corrected chi connectivity index (χ3v) is 3.95. The summed E-state index contributed by atoms with van der Waals surface area (Å²) >= 11 is 0. The maximum absolute atomic E-state index is 10.6. The van der Waals surface area contributed by atoms with Crippen LogP contribution in [0.3, 0.4) is 0 Å². The molecule has 0 bridgehead atoms. The third-order valence-electron chi connectivity index (χ3n) is 3.95. The highest BCUT2D eigenvalue weighted by Crippen LogP contribution is 2.42. The Morgan fingerprint density at radius 1 is 1.16 bits per heavy atom. The zero-order chi connectivity index (χ0) is 13.3. The van der Waals surface area contributed by atoms with Crippen LogP contribution in [0.4, 0.5) is 5.69 Å². The van der Waals surface area contributed by atoms with Gasteiger partial charge in [-0.2, -0.15) is 0 Å². The topological polar surface area (TPSA) is 61.6 Å². The molecular formula is C14H17NO4. The van der Waals surface area contributed by atoms with Crippen LogP contribution in [0.2, 0.25) is 0 Å². The Morgan fingerprint density at radius 3 is 2.47 bits per heavy atom. The summed E-state index contributed by atoms with van der Waals surface area (Å²) in [6.45, 7) is 0.539. The number of benzene rings is 1. The van der Waals surface area contributed by atoms with Crippen LogP contribution in [-0.2, 0) is 9.47 Å². The lowest BCUT2D eigenvalue weighted by Gasteiger charge is -2.31. The summed E-state index contributed by atoms with van der Waals surface area (Å²) in [4.78, 5) is 10.2. The molecule has 19 heavy (non-hydrogen) atoms. The van der Waals surface area contributed by atoms with Crippen LogP contribution in [0.5, 0.6) is 0 Å². The molecule has 1 atom stereocenters. The average molecular weight is 263 g/mol. The third kappa shape index (κ3) is 2.48. The van der Waals surface area contributed by atoms with Crippen molar-refractivity contribution >= 4 is 5.69 Å². The number of hydrogen-bond acceptors (Lipinski definition) is 4. The maximum Gasteiger partial charge on any atom is 0.269 e. The minimum absolute atomic E-state index is 0.0982. The molecule has 0 aromatic heterocycles. The molecule has 2 aliphatic rings. The Morgan fingerprint density at radius 2 is 1.84 bits per heavy atom. The van der Waals surface area contributed by atoms with Crippen molar-refractivity contribution < 1.29 is 14.4 Å². The molecule has 0 amide bonds. The number of nitro groups is 1. The van der Waals surface area contributed by atoms with Crippen molar-refractivity contribution in [3.05, 3.63) is 39.9 Å². The predicted molar refractivity (Wildman–Crippen MR) is 68.7 cm³/mol. The molecule has 1 aliphatic heterocycles. The molecule has 1 aromatic rings. The summed E-state index contributed by atoms with van der Waals surface area (Å²) in [6, 6.07) is 6.55. The summed E-state index contributed by atoms with van der Waals surface area (Å²) in [6.07, 6.45) is 5.35. The van der Waals surface area contributed by atoms with Gasteiger partial charge in [0.25, 0.3) is 5.69 Å². The van der Waals surface area contributed by atoms with Gasteiger partial charge < -0.3 is 9.47 Å². The first-order valence-electron chi connectivity index (χ1n) is 6.75. The van der Waals surface area contributed by atoms with E-state index in [1.54, 1.807) is 12.1 Å². The Labute approximate surface area is 111 Å². The van der Waals surface area contributed by atoms with E-state index >= 15 is 0 Å². The largest absolute Gasteiger partial charge is 0.347 e. The standard InChI is InChI=1S/C14H17NO4/c16-15(17)12-6-4-11(5-7-12)13-10-18-14(19-13)8-2-1-3-9-14/h4-7,13H,1-3,8-10H2. The van der Waals surface area contributed by atoms with Gasteiger partial charge in [0, 0.05) is 25.0 Å². The smallest absolute Gasteiger partial charge is 0.269 e. The highest BCUT2D eigenvalue weighted by atomic mass is 16.7. The number of nitro benzene ring substituents is 1. The predicted octanol–water partition coefficient (Wildman–Crippen LogP) is 3.34. The fourth-order valence-corrected chi connectivity index (χ4v) is 2.88. The number of ether oxygens (including phenoxy) is 2. The average Bonchev–Trinajstić information content (AvgIpc) is 2.83. The van der Waals surface area contributed by atoms with Gasteiger partial charge in [-0.25, -0.2) is 0 Å². The fourth-order valence-electron chi connectivity index (χ4n) is 2.88. The lowest BCUT2D eigenvalue weighted by atomic mass is 9.94. The van der Waals surface area contributed by atoms with Crippen LogP contribution in [0.25, 0.3) is 0 Å². The second kappa shape index (κ2) is 4.90. The number of non-ortho nitro benzene ring substituents is 1. The molecular weight excluding hydrogens is 246 g/mol. The van der Waals surface area contributed by atoms with Crippen LogP contribution in [0, 0.1) is 10.1 Å². The molecule has 102 valence electrons. The molecule has 1 saturated heterocycles. The second-order valence-electron chi connectivity index (χ2n) is 5.24. The van der Waals surface area contributed by atoms with E-state index in [1.807, 2.05) is 0 Å². The molecule has 1 spiro atoms. The summed E-state index contributed by atoms with van der Waals surface area (Å²) < 4.78 is 12.0. The molecule has 1 aliphatic carbocycles. The molecule has 5 nitrogen and oxygen atoms in total. The molecule has 1 heterocycles. The zero-order valence-corrected chi connectivity index (χ0v) is 10.7. The first-order valence-corrected chi connectivity index (χ1v) is 6.75. The van der Waals surface area contributed by atoms with Gasteiger partial charge >= 0.3 is 0 Å². The van der Waals surface area contributed by atoms with Crippen molar-refractivity contribution in [1.82, 2.24) is 0 Å². The Bertz CT molecular complexity index is 465. The summed E-state index contributed by atoms with van der Waals surface area (Å²) in [7, 11) is 0. The molecule has 1 aromatic carbocycles. The van der Waals surface area contributed by atoms with E-state index in [9.17, 15) is 10.1 Å². The first kappa shape index (κ1) is 12.6. The molecule has 5 heteroatoms. The van der Waals surface area contributed by atoms with Gasteiger partial charge in [-0.15, -0.1) is 0 Å². The van der Waals surface area contributed by atoms with Gasteiger partial charge in [0.05, 0.1) is 11.5 Å². The minimum Gasteiger partial charge on any atom is -0.347 e. The first-order chi connectivity index (χ1) is 9.19. The highest BCUT2D eigenvalue weighted by molar-refractivity contribution is 5.34. The summed E-state index contributed by atoms with van der Waals surface area (Å²) in [5.41, 5.74) is 1.06. The summed E-state index contributed by atoms with van der Waals surface area (Å²) in [5, 5.41) is 10.6. The molecule has 1 saturated carbocycles. The van der Waals surface area contributed by atoms with Gasteiger partial charge in [-0.05, 0) is 30.5 Å². The minimum atomic E-state index is -0.398. The van der Waals surface area contributed by atoms with Crippen LogP contribution in [0.15, 0.2) is 24.3 Å². The number of hydrogen-bond donors (Lipinski definition) is 0. The summed E-state index contributed by atoms with van der Waals surface area (Å²) in [5.74, 6) is -0.398. The Hall–Kier alpha value is -1.46. The Balaban J connectivity index is 1.72. The van der Waals surface area contributed by atoms with E-state index in [-0.39, 0.29) is 11.8 Å². The molecule has 1 unspecified atom stereocenters. The van der Waals surface area contributed by atoms with E-state index < -0.39 is 10.7 Å². The molecule has 0 radical (unpaired) electrons. The van der Waals surface area contributed by atoms with Gasteiger partial charge in [-0.3, -0.25) is 10.1 Å². The van der Waals surface area contributed by atoms with E-state index in [0.717, 1.165) is 31.2 Å². The monoisotopic (exact) mass is 263 g/mol. The molecule has 2 fully saturated rings. The van der Waals surface area contributed by atoms with E-state index in [2.05, 4.69) is 0 Å². The van der Waals surface area contributed by atoms with Crippen molar-refractivity contribution in [2.24, 2.45) is 0 Å². The number of nitrogens with zero attached hydrogens (tertiary/aromatic N) is 1. The van der Waals surface area contributed by atoms with Crippen LogP contribution >= 0.6 is 0 Å². The quantitative estimate of drug-likeness (QED) is 0.606. The number of rotatable bonds is 2. The van der Waals surface area contributed by atoms with E-state index in [1.165, 1.54) is 18.6 Å². The van der Waals surface area contributed by atoms with Crippen LogP contribution in [0.1, 0.15) is 43.8 Å². The Kier molecular flexibility index (Phi) is 3.24. The highest BCUT2D eigenvalue weighted by Gasteiger charge is 2.42. The van der Waals surface area contributed by atoms with E-state index in [4.69, 9.17) is 9.47 Å². The van der Waals surface area contributed by atoms with Crippen LogP contribution in [-0.4, -0.2) is 17.3 Å². The van der Waals surface area contributed by atoms with Crippen molar-refractivity contribution in [1.29, 1.82) is 0 Å². The van der Waals surface area contributed by atoms with Crippen LogP contribution < -0.4 is 0 Å². The van der Waals surface area contributed by atoms with Crippen molar-refractivity contribution in [2.75, 3.05) is 6.61 Å². The molecule has 0 N–H and O–H groups in total. The lowest BCUT2D eigenvalue weighted by Crippen LogP contribution is -2.32. The normalized spacial score (nSPS) is 25.6.